The smallest absolute Gasteiger partial charge is 0.414 e. The second kappa shape index (κ2) is 8.79. The highest BCUT2D eigenvalue weighted by atomic mass is 16.6. The van der Waals surface area contributed by atoms with Gasteiger partial charge in [-0.2, -0.15) is 0 Å². The van der Waals surface area contributed by atoms with E-state index in [1.165, 1.54) is 6.92 Å². The van der Waals surface area contributed by atoms with E-state index in [0.29, 0.717) is 29.2 Å². The molecule has 2 amide bonds. The average molecular weight is 424 g/mol. The van der Waals surface area contributed by atoms with E-state index in [2.05, 4.69) is 0 Å². The van der Waals surface area contributed by atoms with Crippen molar-refractivity contribution in [1.82, 2.24) is 0 Å². The summed E-state index contributed by atoms with van der Waals surface area (Å²) in [5.41, 5.74) is 1.14. The third-order valence-corrected chi connectivity index (χ3v) is 4.81. The molecule has 2 aromatic carbocycles. The number of nitrogens with zero attached hydrogens (tertiary/aromatic N) is 2. The maximum absolute atomic E-state index is 13.1. The van der Waals surface area contributed by atoms with E-state index in [1.54, 1.807) is 46.2 Å². The highest BCUT2D eigenvalue weighted by Gasteiger charge is 2.36. The second-order valence-corrected chi connectivity index (χ2v) is 8.57. The van der Waals surface area contributed by atoms with Crippen molar-refractivity contribution >= 4 is 29.2 Å². The van der Waals surface area contributed by atoms with Crippen LogP contribution in [0.3, 0.4) is 0 Å². The molecule has 7 heteroatoms. The van der Waals surface area contributed by atoms with E-state index in [9.17, 15) is 14.4 Å². The molecule has 0 aromatic heterocycles. The molecule has 0 aliphatic carbocycles. The lowest BCUT2D eigenvalue weighted by atomic mass is 10.1. The van der Waals surface area contributed by atoms with Crippen molar-refractivity contribution in [2.75, 3.05) is 23.0 Å². The highest BCUT2D eigenvalue weighted by molar-refractivity contribution is 6.03. The van der Waals surface area contributed by atoms with Crippen LogP contribution in [0.2, 0.25) is 0 Å². The molecule has 3 rings (SSSR count). The van der Waals surface area contributed by atoms with Gasteiger partial charge in [-0.25, -0.2) is 4.79 Å². The molecule has 31 heavy (non-hydrogen) atoms. The molecule has 1 aliphatic heterocycles. The lowest BCUT2D eigenvalue weighted by Gasteiger charge is -2.41. The van der Waals surface area contributed by atoms with Crippen molar-refractivity contribution in [1.29, 1.82) is 0 Å². The summed E-state index contributed by atoms with van der Waals surface area (Å²) in [5, 5.41) is 0. The summed E-state index contributed by atoms with van der Waals surface area (Å²) in [6, 6.07) is 13.7. The first-order valence-electron chi connectivity index (χ1n) is 10.2. The van der Waals surface area contributed by atoms with Gasteiger partial charge >= 0.3 is 6.09 Å². The Bertz CT molecular complexity index is 995. The number of ether oxygens (including phenoxy) is 2. The van der Waals surface area contributed by atoms with Crippen LogP contribution in [0.4, 0.5) is 16.2 Å². The van der Waals surface area contributed by atoms with Crippen LogP contribution in [0.15, 0.2) is 48.5 Å². The number of benzene rings is 2. The van der Waals surface area contributed by atoms with Crippen molar-refractivity contribution in [2.45, 2.75) is 46.3 Å². The Hall–Kier alpha value is -3.35. The van der Waals surface area contributed by atoms with Crippen LogP contribution in [-0.2, 0) is 9.53 Å². The summed E-state index contributed by atoms with van der Waals surface area (Å²) in [6.07, 6.45) is -0.448. The van der Waals surface area contributed by atoms with E-state index in [1.807, 2.05) is 39.8 Å². The van der Waals surface area contributed by atoms with Crippen molar-refractivity contribution in [3.63, 3.8) is 0 Å². The summed E-state index contributed by atoms with van der Waals surface area (Å²) in [5.74, 6) is 0.143. The molecule has 0 radical (unpaired) electrons. The van der Waals surface area contributed by atoms with E-state index in [4.69, 9.17) is 9.47 Å². The molecule has 2 aromatic rings. The SMILES string of the molecule is CC(=O)c1cccc(OCC(=O)N2c3ccccc3N(C(=O)OC(C)(C)C)C[C@H]2C)c1. The summed E-state index contributed by atoms with van der Waals surface area (Å²) in [7, 11) is 0. The molecular formula is C24H28N2O5. The molecule has 0 saturated heterocycles. The fourth-order valence-electron chi connectivity index (χ4n) is 3.47. The Labute approximate surface area is 182 Å². The zero-order valence-corrected chi connectivity index (χ0v) is 18.5. The molecule has 1 heterocycles. The van der Waals surface area contributed by atoms with Gasteiger partial charge in [0.05, 0.1) is 17.4 Å². The molecule has 7 nitrogen and oxygen atoms in total. The Morgan fingerprint density at radius 3 is 2.35 bits per heavy atom. The average Bonchev–Trinajstić information content (AvgIpc) is 2.70. The number of carbonyl (C=O) groups excluding carboxylic acids is 3. The minimum atomic E-state index is -0.621. The van der Waals surface area contributed by atoms with Gasteiger partial charge in [0.1, 0.15) is 11.4 Å². The van der Waals surface area contributed by atoms with Gasteiger partial charge < -0.3 is 14.4 Å². The summed E-state index contributed by atoms with van der Waals surface area (Å²) in [6.45, 7) is 8.92. The number of ketones is 1. The van der Waals surface area contributed by atoms with Gasteiger partial charge in [-0.1, -0.05) is 24.3 Å². The number of hydrogen-bond acceptors (Lipinski definition) is 5. The monoisotopic (exact) mass is 424 g/mol. The third kappa shape index (κ3) is 5.23. The van der Waals surface area contributed by atoms with E-state index < -0.39 is 11.7 Å². The van der Waals surface area contributed by atoms with Crippen LogP contribution < -0.4 is 14.5 Å². The molecular weight excluding hydrogens is 396 g/mol. The third-order valence-electron chi connectivity index (χ3n) is 4.81. The first kappa shape index (κ1) is 22.3. The van der Waals surface area contributed by atoms with E-state index in [0.717, 1.165) is 0 Å². The van der Waals surface area contributed by atoms with Crippen molar-refractivity contribution in [2.24, 2.45) is 0 Å². The first-order valence-corrected chi connectivity index (χ1v) is 10.2. The number of anilines is 2. The van der Waals surface area contributed by atoms with Gasteiger partial charge in [-0.05, 0) is 58.9 Å². The van der Waals surface area contributed by atoms with Crippen LogP contribution in [0.25, 0.3) is 0 Å². The molecule has 1 aliphatic rings. The van der Waals surface area contributed by atoms with Crippen LogP contribution in [-0.4, -0.2) is 42.6 Å². The first-order chi connectivity index (χ1) is 14.6. The van der Waals surface area contributed by atoms with Crippen LogP contribution in [0.1, 0.15) is 45.0 Å². The number of Topliss-reactive ketones (excluding diaryl/α,β-unsaturated/α-hetero) is 1. The maximum Gasteiger partial charge on any atom is 0.414 e. The highest BCUT2D eigenvalue weighted by Crippen LogP contribution is 2.36. The minimum absolute atomic E-state index is 0.0717. The lowest BCUT2D eigenvalue weighted by molar-refractivity contribution is -0.121. The maximum atomic E-state index is 13.1. The Balaban J connectivity index is 1.80. The normalized spacial score (nSPS) is 15.8. The van der Waals surface area contributed by atoms with Gasteiger partial charge in [-0.3, -0.25) is 14.5 Å². The predicted octanol–water partition coefficient (Wildman–Crippen LogP) is 4.44. The minimum Gasteiger partial charge on any atom is -0.484 e. The lowest BCUT2D eigenvalue weighted by Crippen LogP contribution is -2.53. The quantitative estimate of drug-likeness (QED) is 0.678. The molecule has 0 spiro atoms. The zero-order valence-electron chi connectivity index (χ0n) is 18.5. The number of hydrogen-bond donors (Lipinski definition) is 0. The summed E-state index contributed by atoms with van der Waals surface area (Å²) in [4.78, 5) is 40.6. The van der Waals surface area contributed by atoms with E-state index in [-0.39, 0.29) is 24.3 Å². The van der Waals surface area contributed by atoms with Gasteiger partial charge in [0.15, 0.2) is 12.4 Å². The van der Waals surface area contributed by atoms with Gasteiger partial charge in [0, 0.05) is 12.1 Å². The van der Waals surface area contributed by atoms with Crippen LogP contribution in [0, 0.1) is 0 Å². The Kier molecular flexibility index (Phi) is 6.34. The largest absolute Gasteiger partial charge is 0.484 e. The van der Waals surface area contributed by atoms with Crippen molar-refractivity contribution < 1.29 is 23.9 Å². The fraction of sp³-hybridized carbons (Fsp3) is 0.375. The number of fused-ring (bicyclic) bond motifs is 1. The Morgan fingerprint density at radius 1 is 1.03 bits per heavy atom. The number of amides is 2. The number of para-hydroxylation sites is 2. The number of carbonyl (C=O) groups is 3. The predicted molar refractivity (Wildman–Crippen MR) is 119 cm³/mol. The molecule has 0 bridgehead atoms. The van der Waals surface area contributed by atoms with Gasteiger partial charge in [-0.15, -0.1) is 0 Å². The fourth-order valence-corrected chi connectivity index (χ4v) is 3.47. The van der Waals surface area contributed by atoms with Gasteiger partial charge in [0.2, 0.25) is 0 Å². The molecule has 0 unspecified atom stereocenters. The topological polar surface area (TPSA) is 76.2 Å². The summed E-state index contributed by atoms with van der Waals surface area (Å²) < 4.78 is 11.2. The number of rotatable bonds is 4. The molecule has 0 saturated carbocycles. The van der Waals surface area contributed by atoms with Crippen molar-refractivity contribution in [3.8, 4) is 5.75 Å². The van der Waals surface area contributed by atoms with E-state index >= 15 is 0 Å². The van der Waals surface area contributed by atoms with Crippen LogP contribution in [0.5, 0.6) is 5.75 Å². The van der Waals surface area contributed by atoms with Gasteiger partial charge in [0.25, 0.3) is 5.91 Å². The zero-order chi connectivity index (χ0) is 22.8. The molecule has 1 atom stereocenters. The van der Waals surface area contributed by atoms with Crippen molar-refractivity contribution in [3.05, 3.63) is 54.1 Å². The molecule has 0 fully saturated rings. The Morgan fingerprint density at radius 2 is 1.71 bits per heavy atom. The standard InChI is InChI=1S/C24H28N2O5/c1-16-14-25(23(29)31-24(3,4)5)20-11-6-7-12-21(20)26(16)22(28)15-30-19-10-8-9-18(13-19)17(2)27/h6-13,16H,14-15H2,1-5H3/t16-/m1/s1. The second-order valence-electron chi connectivity index (χ2n) is 8.57. The molecule has 164 valence electrons. The summed E-state index contributed by atoms with van der Waals surface area (Å²) >= 11 is 0. The molecule has 0 N–H and O–H groups in total. The van der Waals surface area contributed by atoms with Crippen LogP contribution >= 0.6 is 0 Å².